The molecule has 0 saturated heterocycles. The third kappa shape index (κ3) is 3.18. The smallest absolute Gasteiger partial charge is 0.304 e. The number of aromatic amines is 1. The third-order valence-corrected chi connectivity index (χ3v) is 3.31. The van der Waals surface area contributed by atoms with Crippen molar-refractivity contribution in [3.05, 3.63) is 44.5 Å². The zero-order chi connectivity index (χ0) is 14.5. The molecule has 0 bridgehead atoms. The number of amides is 1. The van der Waals surface area contributed by atoms with Crippen LogP contribution in [0.4, 0.5) is 5.69 Å². The molecule has 1 aromatic heterocycles. The quantitative estimate of drug-likeness (QED) is 0.725. The van der Waals surface area contributed by atoms with E-state index in [1.54, 1.807) is 23.6 Å². The van der Waals surface area contributed by atoms with E-state index in [0.29, 0.717) is 29.3 Å². The van der Waals surface area contributed by atoms with Crippen LogP contribution in [0.1, 0.15) is 23.0 Å². The molecule has 0 atom stereocenters. The van der Waals surface area contributed by atoms with E-state index in [-0.39, 0.29) is 17.3 Å². The van der Waals surface area contributed by atoms with Gasteiger partial charge in [0.2, 0.25) is 0 Å². The molecule has 0 saturated carbocycles. The maximum Gasteiger partial charge on any atom is 0.304 e. The van der Waals surface area contributed by atoms with Crippen molar-refractivity contribution in [1.29, 1.82) is 0 Å². The Balaban J connectivity index is 2.14. The van der Waals surface area contributed by atoms with E-state index < -0.39 is 0 Å². The fraction of sp³-hybridized carbons (Fsp3) is 0.231. The van der Waals surface area contributed by atoms with Gasteiger partial charge in [0.05, 0.1) is 13.2 Å². The zero-order valence-corrected chi connectivity index (χ0v) is 11.8. The number of thiazole rings is 1. The minimum Gasteiger partial charge on any atom is -0.493 e. The number of rotatable bonds is 5. The Hall–Kier alpha value is -2.28. The number of anilines is 1. The summed E-state index contributed by atoms with van der Waals surface area (Å²) in [5.41, 5.74) is 7.15. The van der Waals surface area contributed by atoms with Gasteiger partial charge >= 0.3 is 4.87 Å². The lowest BCUT2D eigenvalue weighted by Crippen LogP contribution is -2.25. The van der Waals surface area contributed by atoms with Gasteiger partial charge in [-0.05, 0) is 19.1 Å². The molecule has 1 heterocycles. The summed E-state index contributed by atoms with van der Waals surface area (Å²) in [5.74, 6) is 0.113. The Morgan fingerprint density at radius 3 is 2.95 bits per heavy atom. The standard InChI is InChI=1S/C13H15N3O3S/c1-2-19-10-5-3-4-9(14)11(10)12(17)15-6-8-7-20-13(18)16-8/h3-5,7H,2,6,14H2,1H3,(H,15,17)(H,16,18). The Morgan fingerprint density at radius 2 is 2.30 bits per heavy atom. The lowest BCUT2D eigenvalue weighted by atomic mass is 10.1. The summed E-state index contributed by atoms with van der Waals surface area (Å²) in [6.07, 6.45) is 0. The molecule has 4 N–H and O–H groups in total. The van der Waals surface area contributed by atoms with Crippen LogP contribution in [0.25, 0.3) is 0 Å². The lowest BCUT2D eigenvalue weighted by molar-refractivity contribution is 0.0947. The molecule has 0 aliphatic heterocycles. The van der Waals surface area contributed by atoms with Gasteiger partial charge in [0.1, 0.15) is 11.3 Å². The average molecular weight is 293 g/mol. The van der Waals surface area contributed by atoms with Crippen molar-refractivity contribution in [3.63, 3.8) is 0 Å². The second kappa shape index (κ2) is 6.25. The van der Waals surface area contributed by atoms with Crippen LogP contribution in [0.2, 0.25) is 0 Å². The molecular formula is C13H15N3O3S. The highest BCUT2D eigenvalue weighted by Gasteiger charge is 2.15. The number of hydrogen-bond acceptors (Lipinski definition) is 5. The molecule has 2 rings (SSSR count). The molecule has 1 amide bonds. The molecule has 20 heavy (non-hydrogen) atoms. The van der Waals surface area contributed by atoms with E-state index in [1.807, 2.05) is 6.92 Å². The van der Waals surface area contributed by atoms with Gasteiger partial charge in [0.25, 0.3) is 5.91 Å². The highest BCUT2D eigenvalue weighted by atomic mass is 32.1. The number of H-pyrrole nitrogens is 1. The van der Waals surface area contributed by atoms with E-state index in [0.717, 1.165) is 11.3 Å². The Kier molecular flexibility index (Phi) is 4.41. The van der Waals surface area contributed by atoms with Crippen molar-refractivity contribution in [2.45, 2.75) is 13.5 Å². The van der Waals surface area contributed by atoms with E-state index in [4.69, 9.17) is 10.5 Å². The molecule has 7 heteroatoms. The Morgan fingerprint density at radius 1 is 1.50 bits per heavy atom. The Labute approximate surface area is 119 Å². The van der Waals surface area contributed by atoms with Crippen LogP contribution in [-0.4, -0.2) is 17.5 Å². The number of carbonyl (C=O) groups excluding carboxylic acids is 1. The summed E-state index contributed by atoms with van der Waals surface area (Å²) < 4.78 is 5.40. The number of benzene rings is 1. The average Bonchev–Trinajstić information content (AvgIpc) is 2.82. The maximum atomic E-state index is 12.2. The number of ether oxygens (including phenoxy) is 1. The van der Waals surface area contributed by atoms with Crippen molar-refractivity contribution < 1.29 is 9.53 Å². The van der Waals surface area contributed by atoms with E-state index in [1.165, 1.54) is 0 Å². The van der Waals surface area contributed by atoms with E-state index in [2.05, 4.69) is 10.3 Å². The lowest BCUT2D eigenvalue weighted by Gasteiger charge is -2.12. The molecule has 106 valence electrons. The molecule has 2 aromatic rings. The summed E-state index contributed by atoms with van der Waals surface area (Å²) in [6.45, 7) is 2.51. The van der Waals surface area contributed by atoms with Crippen LogP contribution >= 0.6 is 11.3 Å². The predicted octanol–water partition coefficient (Wildman–Crippen LogP) is 1.35. The van der Waals surface area contributed by atoms with Gasteiger partial charge in [-0.25, -0.2) is 0 Å². The second-order valence-corrected chi connectivity index (χ2v) is 4.85. The third-order valence-electron chi connectivity index (χ3n) is 2.60. The second-order valence-electron chi connectivity index (χ2n) is 4.01. The topological polar surface area (TPSA) is 97.2 Å². The molecule has 0 aliphatic rings. The summed E-state index contributed by atoms with van der Waals surface area (Å²) in [6, 6.07) is 5.07. The number of hydrogen-bond donors (Lipinski definition) is 3. The summed E-state index contributed by atoms with van der Waals surface area (Å²) in [5, 5.41) is 4.37. The fourth-order valence-electron chi connectivity index (χ4n) is 1.73. The number of nitrogens with one attached hydrogen (secondary N) is 2. The van der Waals surface area contributed by atoms with Crippen LogP contribution in [0.15, 0.2) is 28.4 Å². The van der Waals surface area contributed by atoms with Gasteiger partial charge in [-0.15, -0.1) is 0 Å². The molecule has 1 aromatic carbocycles. The zero-order valence-electron chi connectivity index (χ0n) is 10.9. The first kappa shape index (κ1) is 14.1. The number of carbonyl (C=O) groups is 1. The minimum absolute atomic E-state index is 0.150. The van der Waals surface area contributed by atoms with Gasteiger partial charge in [0.15, 0.2) is 0 Å². The van der Waals surface area contributed by atoms with Gasteiger partial charge in [-0.1, -0.05) is 17.4 Å². The van der Waals surface area contributed by atoms with Crippen LogP contribution in [0, 0.1) is 0 Å². The molecule has 0 radical (unpaired) electrons. The first-order valence-corrected chi connectivity index (χ1v) is 6.96. The van der Waals surface area contributed by atoms with Crippen LogP contribution in [0.5, 0.6) is 5.75 Å². The van der Waals surface area contributed by atoms with Crippen LogP contribution in [0.3, 0.4) is 0 Å². The Bertz CT molecular complexity index is 663. The molecule has 0 fully saturated rings. The number of aromatic nitrogens is 1. The predicted molar refractivity (Wildman–Crippen MR) is 78.1 cm³/mol. The van der Waals surface area contributed by atoms with Gasteiger partial charge in [-0.3, -0.25) is 9.59 Å². The van der Waals surface area contributed by atoms with Gasteiger partial charge < -0.3 is 20.8 Å². The molecular weight excluding hydrogens is 278 g/mol. The fourth-order valence-corrected chi connectivity index (χ4v) is 2.31. The van der Waals surface area contributed by atoms with E-state index >= 15 is 0 Å². The normalized spacial score (nSPS) is 10.2. The summed E-state index contributed by atoms with van der Waals surface area (Å²) in [7, 11) is 0. The monoisotopic (exact) mass is 293 g/mol. The largest absolute Gasteiger partial charge is 0.493 e. The van der Waals surface area contributed by atoms with Crippen molar-refractivity contribution in [3.8, 4) is 5.75 Å². The molecule has 6 nitrogen and oxygen atoms in total. The SMILES string of the molecule is CCOc1cccc(N)c1C(=O)NCc1csc(=O)[nH]1. The van der Waals surface area contributed by atoms with Crippen molar-refractivity contribution in [1.82, 2.24) is 10.3 Å². The van der Waals surface area contributed by atoms with Crippen molar-refractivity contribution >= 4 is 22.9 Å². The van der Waals surface area contributed by atoms with E-state index in [9.17, 15) is 9.59 Å². The van der Waals surface area contributed by atoms with Crippen LogP contribution < -0.4 is 20.7 Å². The van der Waals surface area contributed by atoms with Crippen molar-refractivity contribution in [2.24, 2.45) is 0 Å². The van der Waals surface area contributed by atoms with Gasteiger partial charge in [-0.2, -0.15) is 0 Å². The minimum atomic E-state index is -0.335. The summed E-state index contributed by atoms with van der Waals surface area (Å²) in [4.78, 5) is 25.7. The number of nitrogen functional groups attached to an aromatic ring is 1. The molecule has 0 spiro atoms. The van der Waals surface area contributed by atoms with Gasteiger partial charge in [0, 0.05) is 16.8 Å². The highest BCUT2D eigenvalue weighted by molar-refractivity contribution is 7.07. The maximum absolute atomic E-state index is 12.2. The molecule has 0 aliphatic carbocycles. The first-order chi connectivity index (χ1) is 9.61. The summed E-state index contributed by atoms with van der Waals surface area (Å²) >= 11 is 1.05. The van der Waals surface area contributed by atoms with Crippen LogP contribution in [-0.2, 0) is 6.54 Å². The van der Waals surface area contributed by atoms with Crippen molar-refractivity contribution in [2.75, 3.05) is 12.3 Å². The first-order valence-electron chi connectivity index (χ1n) is 6.08. The number of nitrogens with two attached hydrogens (primary N) is 1. The highest BCUT2D eigenvalue weighted by Crippen LogP contribution is 2.24. The molecule has 0 unspecified atom stereocenters.